The highest BCUT2D eigenvalue weighted by atomic mass is 16.2. The molecule has 0 saturated heterocycles. The number of imidazole rings is 1. The van der Waals surface area contributed by atoms with Crippen LogP contribution in [-0.4, -0.2) is 27.1 Å². The Morgan fingerprint density at radius 3 is 3.15 bits per heavy atom. The van der Waals surface area contributed by atoms with Gasteiger partial charge in [-0.1, -0.05) is 6.07 Å². The number of hydrogen-bond acceptors (Lipinski definition) is 3. The van der Waals surface area contributed by atoms with E-state index >= 15 is 0 Å². The minimum atomic E-state index is -0.211. The molecule has 1 aliphatic rings. The van der Waals surface area contributed by atoms with Gasteiger partial charge in [-0.15, -0.1) is 0 Å². The van der Waals surface area contributed by atoms with Crippen molar-refractivity contribution in [3.05, 3.63) is 42.6 Å². The lowest BCUT2D eigenvalue weighted by Crippen LogP contribution is -2.35. The Morgan fingerprint density at radius 1 is 1.35 bits per heavy atom. The van der Waals surface area contributed by atoms with Crippen molar-refractivity contribution in [1.82, 2.24) is 19.9 Å². The summed E-state index contributed by atoms with van der Waals surface area (Å²) < 4.78 is 2.17. The van der Waals surface area contributed by atoms with Gasteiger partial charge in [-0.25, -0.2) is 14.8 Å². The predicted molar refractivity (Wildman–Crippen MR) is 75.3 cm³/mol. The Labute approximate surface area is 117 Å². The minimum Gasteiger partial charge on any atom is -0.338 e. The van der Waals surface area contributed by atoms with Crippen LogP contribution in [-0.2, 0) is 13.0 Å². The molecule has 2 aromatic rings. The van der Waals surface area contributed by atoms with Crippen LogP contribution in [0, 0.1) is 5.92 Å². The molecule has 2 amide bonds. The van der Waals surface area contributed by atoms with Crippen molar-refractivity contribution in [3.8, 4) is 0 Å². The fourth-order valence-corrected chi connectivity index (χ4v) is 2.42. The number of carbonyl (C=O) groups is 1. The highest BCUT2D eigenvalue weighted by Crippen LogP contribution is 2.18. The molecule has 6 nitrogen and oxygen atoms in total. The van der Waals surface area contributed by atoms with Crippen molar-refractivity contribution in [2.45, 2.75) is 19.4 Å². The Balaban J connectivity index is 1.47. The van der Waals surface area contributed by atoms with E-state index in [1.807, 2.05) is 24.5 Å². The summed E-state index contributed by atoms with van der Waals surface area (Å²) in [6, 6.07) is 5.20. The van der Waals surface area contributed by atoms with Gasteiger partial charge in [0.2, 0.25) is 0 Å². The topological polar surface area (TPSA) is 71.8 Å². The lowest BCUT2D eigenvalue weighted by Gasteiger charge is -2.23. The number of carbonyl (C=O) groups excluding carboxylic acids is 1. The first-order chi connectivity index (χ1) is 9.81. The number of nitrogens with zero attached hydrogens (tertiary/aromatic N) is 3. The maximum atomic E-state index is 11.8. The summed E-state index contributed by atoms with van der Waals surface area (Å²) in [7, 11) is 0. The Hall–Kier alpha value is -2.37. The molecule has 0 aromatic carbocycles. The third-order valence-electron chi connectivity index (χ3n) is 3.51. The van der Waals surface area contributed by atoms with Gasteiger partial charge in [0.15, 0.2) is 0 Å². The molecule has 3 heterocycles. The lowest BCUT2D eigenvalue weighted by molar-refractivity contribution is 0.248. The van der Waals surface area contributed by atoms with E-state index in [1.165, 1.54) is 0 Å². The van der Waals surface area contributed by atoms with E-state index < -0.39 is 0 Å². The van der Waals surface area contributed by atoms with Crippen molar-refractivity contribution in [2.24, 2.45) is 5.92 Å². The lowest BCUT2D eigenvalue weighted by atomic mass is 9.98. The van der Waals surface area contributed by atoms with Crippen LogP contribution in [0.5, 0.6) is 0 Å². The molecule has 0 saturated carbocycles. The predicted octanol–water partition coefficient (Wildman–Crippen LogP) is 1.66. The summed E-state index contributed by atoms with van der Waals surface area (Å²) in [4.78, 5) is 20.1. The zero-order valence-corrected chi connectivity index (χ0v) is 11.1. The maximum Gasteiger partial charge on any atom is 0.320 e. The summed E-state index contributed by atoms with van der Waals surface area (Å²) in [5.74, 6) is 2.11. The van der Waals surface area contributed by atoms with Crippen molar-refractivity contribution < 1.29 is 4.79 Å². The van der Waals surface area contributed by atoms with Gasteiger partial charge in [-0.3, -0.25) is 5.32 Å². The third-order valence-corrected chi connectivity index (χ3v) is 3.51. The molecule has 1 aliphatic heterocycles. The van der Waals surface area contributed by atoms with Crippen LogP contribution >= 0.6 is 0 Å². The van der Waals surface area contributed by atoms with E-state index in [9.17, 15) is 4.79 Å². The van der Waals surface area contributed by atoms with Crippen LogP contribution in [0.3, 0.4) is 0 Å². The summed E-state index contributed by atoms with van der Waals surface area (Å²) in [6.07, 6.45) is 7.46. The second kappa shape index (κ2) is 5.73. The van der Waals surface area contributed by atoms with E-state index in [4.69, 9.17) is 0 Å². The summed E-state index contributed by atoms with van der Waals surface area (Å²) in [6.45, 7) is 1.63. The first kappa shape index (κ1) is 12.7. The molecule has 6 heteroatoms. The number of urea groups is 1. The van der Waals surface area contributed by atoms with Crippen molar-refractivity contribution in [1.29, 1.82) is 0 Å². The van der Waals surface area contributed by atoms with Gasteiger partial charge in [-0.05, 0) is 24.5 Å². The fraction of sp³-hybridized carbons (Fsp3) is 0.357. The fourth-order valence-electron chi connectivity index (χ4n) is 2.42. The summed E-state index contributed by atoms with van der Waals surface area (Å²) in [5, 5.41) is 5.61. The number of nitrogens with one attached hydrogen (secondary N) is 2. The molecular weight excluding hydrogens is 254 g/mol. The maximum absolute atomic E-state index is 11.8. The molecule has 104 valence electrons. The zero-order chi connectivity index (χ0) is 13.8. The Morgan fingerprint density at radius 2 is 2.30 bits per heavy atom. The van der Waals surface area contributed by atoms with Crippen LogP contribution in [0.25, 0.3) is 0 Å². The van der Waals surface area contributed by atoms with E-state index in [1.54, 1.807) is 12.3 Å². The number of hydrogen-bond donors (Lipinski definition) is 2. The molecule has 0 spiro atoms. The van der Waals surface area contributed by atoms with Gasteiger partial charge >= 0.3 is 6.03 Å². The smallest absolute Gasteiger partial charge is 0.320 e. The largest absolute Gasteiger partial charge is 0.338 e. The molecular formula is C14H17N5O. The van der Waals surface area contributed by atoms with Crippen LogP contribution in [0.4, 0.5) is 10.6 Å². The summed E-state index contributed by atoms with van der Waals surface area (Å²) in [5.41, 5.74) is 0. The molecule has 20 heavy (non-hydrogen) atoms. The highest BCUT2D eigenvalue weighted by Gasteiger charge is 2.19. The highest BCUT2D eigenvalue weighted by molar-refractivity contribution is 5.88. The van der Waals surface area contributed by atoms with Crippen LogP contribution in [0.1, 0.15) is 12.2 Å². The average molecular weight is 271 g/mol. The quantitative estimate of drug-likeness (QED) is 0.891. The van der Waals surface area contributed by atoms with Gasteiger partial charge < -0.3 is 9.88 Å². The van der Waals surface area contributed by atoms with Crippen molar-refractivity contribution >= 4 is 11.8 Å². The van der Waals surface area contributed by atoms with Gasteiger partial charge in [0.05, 0.1) is 0 Å². The molecule has 2 N–H and O–H groups in total. The molecule has 3 rings (SSSR count). The standard InChI is InChI=1S/C14H17N5O/c20-14(18-12-3-1-2-5-15-12)17-10-11-4-7-19-8-6-16-13(19)9-11/h1-3,5-6,8,11H,4,7,9-10H2,(H2,15,17,18,20). The molecule has 0 bridgehead atoms. The Bertz CT molecular complexity index is 580. The number of anilines is 1. The van der Waals surface area contributed by atoms with Crippen molar-refractivity contribution in [2.75, 3.05) is 11.9 Å². The van der Waals surface area contributed by atoms with E-state index in [-0.39, 0.29) is 6.03 Å². The van der Waals surface area contributed by atoms with E-state index in [0.29, 0.717) is 18.3 Å². The molecule has 0 aliphatic carbocycles. The van der Waals surface area contributed by atoms with Crippen LogP contribution in [0.15, 0.2) is 36.8 Å². The summed E-state index contributed by atoms with van der Waals surface area (Å²) >= 11 is 0. The Kier molecular flexibility index (Phi) is 3.62. The second-order valence-electron chi connectivity index (χ2n) is 4.95. The van der Waals surface area contributed by atoms with E-state index in [2.05, 4.69) is 25.2 Å². The number of aromatic nitrogens is 3. The SMILES string of the molecule is O=C(NCC1CCn2ccnc2C1)Nc1ccccn1. The zero-order valence-electron chi connectivity index (χ0n) is 11.1. The van der Waals surface area contributed by atoms with Crippen molar-refractivity contribution in [3.63, 3.8) is 0 Å². The first-order valence-corrected chi connectivity index (χ1v) is 6.77. The number of pyridine rings is 1. The number of amides is 2. The third kappa shape index (κ3) is 2.96. The number of fused-ring (bicyclic) bond motifs is 1. The molecule has 0 radical (unpaired) electrons. The van der Waals surface area contributed by atoms with Gasteiger partial charge in [0.25, 0.3) is 0 Å². The van der Waals surface area contributed by atoms with E-state index in [0.717, 1.165) is 25.2 Å². The van der Waals surface area contributed by atoms with Crippen LogP contribution < -0.4 is 10.6 Å². The van der Waals surface area contributed by atoms with Gasteiger partial charge in [0.1, 0.15) is 11.6 Å². The number of aryl methyl sites for hydroxylation is 1. The first-order valence-electron chi connectivity index (χ1n) is 6.77. The average Bonchev–Trinajstić information content (AvgIpc) is 2.93. The van der Waals surface area contributed by atoms with Gasteiger partial charge in [0, 0.05) is 38.1 Å². The molecule has 2 aromatic heterocycles. The minimum absolute atomic E-state index is 0.211. The molecule has 1 atom stereocenters. The number of rotatable bonds is 3. The normalized spacial score (nSPS) is 17.3. The van der Waals surface area contributed by atoms with Crippen LogP contribution in [0.2, 0.25) is 0 Å². The van der Waals surface area contributed by atoms with Gasteiger partial charge in [-0.2, -0.15) is 0 Å². The molecule has 0 fully saturated rings. The monoisotopic (exact) mass is 271 g/mol. The molecule has 1 unspecified atom stereocenters. The second-order valence-corrected chi connectivity index (χ2v) is 4.95.